The molecule has 2 aromatic rings. The molecule has 1 N–H and O–H groups in total. The van der Waals surface area contributed by atoms with Gasteiger partial charge in [-0.1, -0.05) is 11.8 Å². The molecule has 0 radical (unpaired) electrons. The summed E-state index contributed by atoms with van der Waals surface area (Å²) in [4.78, 5) is 24.3. The van der Waals surface area contributed by atoms with Gasteiger partial charge in [-0.3, -0.25) is 14.3 Å². The number of carbonyl (C=O) groups is 2. The Kier molecular flexibility index (Phi) is 4.88. The number of ether oxygens (including phenoxy) is 1. The van der Waals surface area contributed by atoms with Gasteiger partial charge in [-0.05, 0) is 24.5 Å². The van der Waals surface area contributed by atoms with Crippen molar-refractivity contribution in [1.82, 2.24) is 20.1 Å². The van der Waals surface area contributed by atoms with E-state index in [1.54, 1.807) is 12.1 Å². The highest BCUT2D eigenvalue weighted by Gasteiger charge is 2.32. The van der Waals surface area contributed by atoms with Crippen molar-refractivity contribution in [2.45, 2.75) is 18.2 Å². The van der Waals surface area contributed by atoms with Gasteiger partial charge in [0.1, 0.15) is 18.2 Å². The quantitative estimate of drug-likeness (QED) is 0.810. The Bertz CT molecular complexity index is 812. The summed E-state index contributed by atoms with van der Waals surface area (Å²) in [5, 5.41) is 10.8. The molecule has 1 fully saturated rings. The lowest BCUT2D eigenvalue weighted by Crippen LogP contribution is -2.33. The summed E-state index contributed by atoms with van der Waals surface area (Å²) in [7, 11) is 0. The largest absolute Gasteiger partial charge is 0.442 e. The van der Waals surface area contributed by atoms with Crippen LogP contribution in [-0.4, -0.2) is 52.2 Å². The van der Waals surface area contributed by atoms with E-state index in [4.69, 9.17) is 4.74 Å². The van der Waals surface area contributed by atoms with Gasteiger partial charge < -0.3 is 10.1 Å². The van der Waals surface area contributed by atoms with Gasteiger partial charge in [-0.25, -0.2) is 9.18 Å². The first-order valence-corrected chi connectivity index (χ1v) is 8.68. The number of carbonyl (C=O) groups excluding carboxylic acids is 2. The number of benzene rings is 1. The van der Waals surface area contributed by atoms with Crippen LogP contribution in [0.3, 0.4) is 0 Å². The van der Waals surface area contributed by atoms with Crippen LogP contribution in [0.4, 0.5) is 14.9 Å². The maximum Gasteiger partial charge on any atom is 0.414 e. The zero-order valence-corrected chi connectivity index (χ0v) is 14.4. The number of rotatable bonds is 5. The van der Waals surface area contributed by atoms with Crippen molar-refractivity contribution < 1.29 is 18.7 Å². The van der Waals surface area contributed by atoms with Crippen molar-refractivity contribution >= 4 is 29.4 Å². The monoisotopic (exact) mass is 365 g/mol. The molecule has 132 valence electrons. The minimum Gasteiger partial charge on any atom is -0.442 e. The van der Waals surface area contributed by atoms with E-state index < -0.39 is 18.0 Å². The molecule has 3 rings (SSSR count). The summed E-state index contributed by atoms with van der Waals surface area (Å²) in [5.41, 5.74) is 0.677. The van der Waals surface area contributed by atoms with Crippen molar-refractivity contribution in [1.29, 1.82) is 0 Å². The van der Waals surface area contributed by atoms with Gasteiger partial charge in [0, 0.05) is 6.92 Å². The summed E-state index contributed by atoms with van der Waals surface area (Å²) >= 11 is 1.35. The zero-order valence-electron chi connectivity index (χ0n) is 13.6. The van der Waals surface area contributed by atoms with Gasteiger partial charge in [0.15, 0.2) is 5.16 Å². The first kappa shape index (κ1) is 17.2. The predicted molar refractivity (Wildman–Crippen MR) is 89.4 cm³/mol. The van der Waals surface area contributed by atoms with E-state index in [1.807, 2.05) is 6.26 Å². The number of nitrogens with zero attached hydrogens (tertiary/aromatic N) is 4. The Balaban J connectivity index is 1.79. The number of cyclic esters (lactones) is 1. The highest BCUT2D eigenvalue weighted by Crippen LogP contribution is 2.27. The van der Waals surface area contributed by atoms with Crippen molar-refractivity contribution in [3.8, 4) is 5.69 Å². The molecule has 0 spiro atoms. The highest BCUT2D eigenvalue weighted by molar-refractivity contribution is 7.98. The molecule has 8 nitrogen and oxygen atoms in total. The molecule has 1 atom stereocenters. The normalized spacial score (nSPS) is 16.8. The van der Waals surface area contributed by atoms with E-state index in [9.17, 15) is 14.0 Å². The van der Waals surface area contributed by atoms with Crippen LogP contribution in [0.25, 0.3) is 5.69 Å². The second kappa shape index (κ2) is 7.09. The smallest absolute Gasteiger partial charge is 0.414 e. The van der Waals surface area contributed by atoms with Crippen LogP contribution in [0.1, 0.15) is 6.92 Å². The highest BCUT2D eigenvalue weighted by atomic mass is 32.2. The second-order valence-corrected chi connectivity index (χ2v) is 6.15. The van der Waals surface area contributed by atoms with Gasteiger partial charge in [0.25, 0.3) is 0 Å². The van der Waals surface area contributed by atoms with Gasteiger partial charge in [-0.2, -0.15) is 0 Å². The number of anilines is 1. The third-order valence-corrected chi connectivity index (χ3v) is 4.30. The lowest BCUT2D eigenvalue weighted by atomic mass is 10.2. The molecule has 1 aliphatic rings. The van der Waals surface area contributed by atoms with Crippen LogP contribution < -0.4 is 10.2 Å². The molecule has 1 aromatic carbocycles. The van der Waals surface area contributed by atoms with Crippen molar-refractivity contribution in [3.05, 3.63) is 30.3 Å². The summed E-state index contributed by atoms with van der Waals surface area (Å²) < 4.78 is 21.3. The molecular weight excluding hydrogens is 349 g/mol. The number of hydrogen-bond donors (Lipinski definition) is 1. The average Bonchev–Trinajstić information content (AvgIpc) is 3.19. The standard InChI is InChI=1S/C15H16FN5O3S/c1-9(22)17-6-11-7-20(15(23)24-11)10-3-4-13(12(16)5-10)21-8-18-19-14(21)25-2/h3-5,8,11H,6-7H2,1-2H3,(H,17,22). The maximum atomic E-state index is 14.5. The molecular formula is C15H16FN5O3S. The van der Waals surface area contributed by atoms with Gasteiger partial charge in [-0.15, -0.1) is 10.2 Å². The molecule has 0 aliphatic carbocycles. The molecule has 2 amide bonds. The van der Waals surface area contributed by atoms with E-state index in [1.165, 1.54) is 40.5 Å². The SMILES string of the molecule is CSc1nncn1-c1ccc(N2CC(CNC(C)=O)OC2=O)cc1F. The van der Waals surface area contributed by atoms with Crippen LogP contribution >= 0.6 is 11.8 Å². The van der Waals surface area contributed by atoms with Gasteiger partial charge in [0.05, 0.1) is 24.5 Å². The predicted octanol–water partition coefficient (Wildman–Crippen LogP) is 1.59. The molecule has 10 heteroatoms. The Labute approximate surface area is 147 Å². The van der Waals surface area contributed by atoms with E-state index in [0.29, 0.717) is 16.5 Å². The Morgan fingerprint density at radius 3 is 3.00 bits per heavy atom. The number of nitrogens with one attached hydrogen (secondary N) is 1. The molecule has 1 saturated heterocycles. The third kappa shape index (κ3) is 3.58. The number of halogens is 1. The Morgan fingerprint density at radius 2 is 2.32 bits per heavy atom. The average molecular weight is 365 g/mol. The van der Waals surface area contributed by atoms with E-state index in [-0.39, 0.29) is 19.0 Å². The van der Waals surface area contributed by atoms with Crippen LogP contribution in [-0.2, 0) is 9.53 Å². The molecule has 2 heterocycles. The number of amides is 2. The molecule has 1 unspecified atom stereocenters. The minimum atomic E-state index is -0.573. The summed E-state index contributed by atoms with van der Waals surface area (Å²) in [6.07, 6.45) is 2.21. The maximum absolute atomic E-state index is 14.5. The van der Waals surface area contributed by atoms with E-state index in [2.05, 4.69) is 15.5 Å². The summed E-state index contributed by atoms with van der Waals surface area (Å²) in [6, 6.07) is 4.45. The molecule has 1 aliphatic heterocycles. The van der Waals surface area contributed by atoms with Crippen LogP contribution in [0, 0.1) is 5.82 Å². The second-order valence-electron chi connectivity index (χ2n) is 5.38. The molecule has 0 bridgehead atoms. The van der Waals surface area contributed by atoms with E-state index in [0.717, 1.165) is 0 Å². The lowest BCUT2D eigenvalue weighted by molar-refractivity contribution is -0.119. The summed E-state index contributed by atoms with van der Waals surface area (Å²) in [5.74, 6) is -0.714. The topological polar surface area (TPSA) is 89.3 Å². The number of thioether (sulfide) groups is 1. The minimum absolute atomic E-state index is 0.205. The molecule has 1 aromatic heterocycles. The van der Waals surface area contributed by atoms with Gasteiger partial charge in [0.2, 0.25) is 5.91 Å². The zero-order chi connectivity index (χ0) is 18.0. The Hall–Kier alpha value is -2.62. The van der Waals surface area contributed by atoms with E-state index >= 15 is 0 Å². The summed E-state index contributed by atoms with van der Waals surface area (Å²) in [6.45, 7) is 1.84. The first-order chi connectivity index (χ1) is 12.0. The fraction of sp³-hybridized carbons (Fsp3) is 0.333. The van der Waals surface area contributed by atoms with Crippen LogP contribution in [0.2, 0.25) is 0 Å². The molecule has 25 heavy (non-hydrogen) atoms. The number of hydrogen-bond acceptors (Lipinski definition) is 6. The third-order valence-electron chi connectivity index (χ3n) is 3.65. The van der Waals surface area contributed by atoms with Crippen molar-refractivity contribution in [2.75, 3.05) is 24.2 Å². The van der Waals surface area contributed by atoms with Crippen molar-refractivity contribution in [2.24, 2.45) is 0 Å². The van der Waals surface area contributed by atoms with Crippen molar-refractivity contribution in [3.63, 3.8) is 0 Å². The molecule has 0 saturated carbocycles. The van der Waals surface area contributed by atoms with Crippen LogP contribution in [0.5, 0.6) is 0 Å². The van der Waals surface area contributed by atoms with Crippen LogP contribution in [0.15, 0.2) is 29.7 Å². The Morgan fingerprint density at radius 1 is 1.52 bits per heavy atom. The number of aromatic nitrogens is 3. The first-order valence-electron chi connectivity index (χ1n) is 7.46. The lowest BCUT2D eigenvalue weighted by Gasteiger charge is -2.15. The fourth-order valence-corrected chi connectivity index (χ4v) is 2.96. The van der Waals surface area contributed by atoms with Gasteiger partial charge >= 0.3 is 6.09 Å². The fourth-order valence-electron chi connectivity index (χ4n) is 2.48.